The molecule has 0 unspecified atom stereocenters. The Balaban J connectivity index is 2.42. The molecule has 0 aliphatic carbocycles. The number of unbranched alkanes of at least 4 members (excludes halogenated alkanes) is 1. The van der Waals surface area contributed by atoms with E-state index in [1.165, 1.54) is 6.42 Å². The van der Waals surface area contributed by atoms with Crippen LogP contribution in [-0.2, 0) is 9.31 Å². The summed E-state index contributed by atoms with van der Waals surface area (Å²) in [7, 11) is -0.0805. The first kappa shape index (κ1) is 12.8. The molecule has 3 heteroatoms. The maximum absolute atomic E-state index is 5.87. The molecule has 1 rings (SSSR count). The molecule has 86 valence electrons. The van der Waals surface area contributed by atoms with Crippen molar-refractivity contribution in [2.45, 2.75) is 65.0 Å². The van der Waals surface area contributed by atoms with Gasteiger partial charge in [-0.3, -0.25) is 0 Å². The van der Waals surface area contributed by atoms with Crippen LogP contribution in [0.15, 0.2) is 12.2 Å². The fourth-order valence-corrected chi connectivity index (χ4v) is 1.55. The predicted octanol–water partition coefficient (Wildman–Crippen LogP) is 3.43. The van der Waals surface area contributed by atoms with Gasteiger partial charge in [0.1, 0.15) is 0 Å². The average Bonchev–Trinajstić information content (AvgIpc) is 2.30. The number of rotatable bonds is 4. The molecule has 0 amide bonds. The quantitative estimate of drug-likeness (QED) is 0.522. The average molecular weight is 210 g/mol. The molecule has 1 saturated heterocycles. The molecule has 0 aromatic rings. The summed E-state index contributed by atoms with van der Waals surface area (Å²) in [6, 6.07) is 0. The highest BCUT2D eigenvalue weighted by atomic mass is 16.7. The van der Waals surface area contributed by atoms with Gasteiger partial charge in [0.25, 0.3) is 0 Å². The van der Waals surface area contributed by atoms with E-state index < -0.39 is 0 Å². The van der Waals surface area contributed by atoms with Crippen LogP contribution in [0.2, 0.25) is 6.32 Å². The fourth-order valence-electron chi connectivity index (χ4n) is 1.55. The summed E-state index contributed by atoms with van der Waals surface area (Å²) in [6.45, 7) is 10.5. The van der Waals surface area contributed by atoms with Crippen molar-refractivity contribution in [2.75, 3.05) is 0 Å². The Morgan fingerprint density at radius 2 is 1.53 bits per heavy atom. The zero-order valence-corrected chi connectivity index (χ0v) is 10.7. The van der Waals surface area contributed by atoms with Crippen LogP contribution in [0.3, 0.4) is 0 Å². The standard InChI is InChI=1S/C12H23BO2/c1-6-7-8-9-10-13-14-11(2,3)12(4,5)15-13/h8-9H,6-7,10H2,1-5H3. The van der Waals surface area contributed by atoms with Gasteiger partial charge < -0.3 is 9.31 Å². The van der Waals surface area contributed by atoms with Crippen molar-refractivity contribution in [1.82, 2.24) is 0 Å². The summed E-state index contributed by atoms with van der Waals surface area (Å²) >= 11 is 0. The molecule has 1 aliphatic heterocycles. The summed E-state index contributed by atoms with van der Waals surface area (Å²) in [6.07, 6.45) is 7.54. The number of hydrogen-bond acceptors (Lipinski definition) is 2. The van der Waals surface area contributed by atoms with Gasteiger partial charge >= 0.3 is 7.12 Å². The minimum absolute atomic E-state index is 0.0805. The van der Waals surface area contributed by atoms with Crippen molar-refractivity contribution in [3.8, 4) is 0 Å². The molecule has 0 bridgehead atoms. The van der Waals surface area contributed by atoms with E-state index >= 15 is 0 Å². The third kappa shape index (κ3) is 3.09. The van der Waals surface area contributed by atoms with Crippen molar-refractivity contribution in [3.63, 3.8) is 0 Å². The molecule has 0 aromatic heterocycles. The van der Waals surface area contributed by atoms with E-state index in [2.05, 4.69) is 46.8 Å². The van der Waals surface area contributed by atoms with Crippen LogP contribution in [0.5, 0.6) is 0 Å². The van der Waals surface area contributed by atoms with Gasteiger partial charge in [0.15, 0.2) is 0 Å². The highest BCUT2D eigenvalue weighted by Gasteiger charge is 2.50. The zero-order chi connectivity index (χ0) is 11.5. The van der Waals surface area contributed by atoms with E-state index in [4.69, 9.17) is 9.31 Å². The van der Waals surface area contributed by atoms with Crippen LogP contribution in [0.25, 0.3) is 0 Å². The van der Waals surface area contributed by atoms with Crippen molar-refractivity contribution in [2.24, 2.45) is 0 Å². The lowest BCUT2D eigenvalue weighted by Crippen LogP contribution is -2.41. The molecular formula is C12H23BO2. The van der Waals surface area contributed by atoms with Crippen LogP contribution in [0.4, 0.5) is 0 Å². The van der Waals surface area contributed by atoms with Gasteiger partial charge in [-0.1, -0.05) is 25.5 Å². The monoisotopic (exact) mass is 210 g/mol. The lowest BCUT2D eigenvalue weighted by atomic mass is 9.85. The van der Waals surface area contributed by atoms with Gasteiger partial charge in [0.05, 0.1) is 11.2 Å². The van der Waals surface area contributed by atoms with E-state index in [1.807, 2.05) is 0 Å². The summed E-state index contributed by atoms with van der Waals surface area (Å²) in [4.78, 5) is 0. The molecule has 0 radical (unpaired) electrons. The summed E-state index contributed by atoms with van der Waals surface area (Å²) < 4.78 is 11.7. The molecule has 0 N–H and O–H groups in total. The fraction of sp³-hybridized carbons (Fsp3) is 0.833. The molecule has 1 heterocycles. The highest BCUT2D eigenvalue weighted by Crippen LogP contribution is 2.37. The van der Waals surface area contributed by atoms with Crippen molar-refractivity contribution in [3.05, 3.63) is 12.2 Å². The lowest BCUT2D eigenvalue weighted by molar-refractivity contribution is 0.00578. The van der Waals surface area contributed by atoms with Crippen LogP contribution in [-0.4, -0.2) is 18.3 Å². The molecule has 1 aliphatic rings. The topological polar surface area (TPSA) is 18.5 Å². The van der Waals surface area contributed by atoms with E-state index in [9.17, 15) is 0 Å². The molecule has 0 atom stereocenters. The van der Waals surface area contributed by atoms with Crippen molar-refractivity contribution >= 4 is 7.12 Å². The van der Waals surface area contributed by atoms with E-state index in [-0.39, 0.29) is 18.3 Å². The van der Waals surface area contributed by atoms with Gasteiger partial charge in [-0.25, -0.2) is 0 Å². The van der Waals surface area contributed by atoms with Crippen molar-refractivity contribution < 1.29 is 9.31 Å². The summed E-state index contributed by atoms with van der Waals surface area (Å²) in [5, 5.41) is 0. The summed E-state index contributed by atoms with van der Waals surface area (Å²) in [5.74, 6) is 0. The maximum Gasteiger partial charge on any atom is 0.461 e. The first-order valence-corrected chi connectivity index (χ1v) is 5.89. The second kappa shape index (κ2) is 4.71. The first-order chi connectivity index (χ1) is 6.89. The second-order valence-electron chi connectivity index (χ2n) is 5.18. The second-order valence-corrected chi connectivity index (χ2v) is 5.18. The third-order valence-corrected chi connectivity index (χ3v) is 3.25. The maximum atomic E-state index is 5.87. The van der Waals surface area contributed by atoms with Gasteiger partial charge in [0.2, 0.25) is 0 Å². The minimum atomic E-state index is -0.198. The first-order valence-electron chi connectivity index (χ1n) is 5.89. The van der Waals surface area contributed by atoms with E-state index in [0.717, 1.165) is 12.7 Å². The Kier molecular flexibility index (Phi) is 4.02. The molecule has 0 spiro atoms. The Morgan fingerprint density at radius 3 is 2.00 bits per heavy atom. The van der Waals surface area contributed by atoms with Crippen LogP contribution < -0.4 is 0 Å². The zero-order valence-electron chi connectivity index (χ0n) is 10.7. The Hall–Kier alpha value is -0.275. The molecule has 15 heavy (non-hydrogen) atoms. The summed E-state index contributed by atoms with van der Waals surface area (Å²) in [5.41, 5.74) is -0.396. The predicted molar refractivity (Wildman–Crippen MR) is 64.9 cm³/mol. The van der Waals surface area contributed by atoms with E-state index in [0.29, 0.717) is 0 Å². The molecule has 1 fully saturated rings. The Labute approximate surface area is 94.2 Å². The van der Waals surface area contributed by atoms with E-state index in [1.54, 1.807) is 0 Å². The third-order valence-electron chi connectivity index (χ3n) is 3.25. The number of hydrogen-bond donors (Lipinski definition) is 0. The van der Waals surface area contributed by atoms with Crippen LogP contribution in [0.1, 0.15) is 47.5 Å². The highest BCUT2D eigenvalue weighted by molar-refractivity contribution is 6.46. The SMILES string of the molecule is CCCC=CCB1OC(C)(C)C(C)(C)O1. The van der Waals surface area contributed by atoms with Crippen molar-refractivity contribution in [1.29, 1.82) is 0 Å². The van der Waals surface area contributed by atoms with Gasteiger partial charge in [0, 0.05) is 6.32 Å². The Morgan fingerprint density at radius 1 is 1.00 bits per heavy atom. The number of allylic oxidation sites excluding steroid dienone is 2. The molecular weight excluding hydrogens is 187 g/mol. The molecule has 0 saturated carbocycles. The largest absolute Gasteiger partial charge is 0.461 e. The normalized spacial score (nSPS) is 23.9. The minimum Gasteiger partial charge on any atom is -0.403 e. The molecule has 0 aromatic carbocycles. The molecule has 2 nitrogen and oxygen atoms in total. The smallest absolute Gasteiger partial charge is 0.403 e. The van der Waals surface area contributed by atoms with Gasteiger partial charge in [-0.2, -0.15) is 0 Å². The van der Waals surface area contributed by atoms with Crippen LogP contribution in [0, 0.1) is 0 Å². The van der Waals surface area contributed by atoms with Crippen LogP contribution >= 0.6 is 0 Å². The Bertz CT molecular complexity index is 218. The van der Waals surface area contributed by atoms with Gasteiger partial charge in [-0.15, -0.1) is 0 Å². The lowest BCUT2D eigenvalue weighted by Gasteiger charge is -2.32. The van der Waals surface area contributed by atoms with Gasteiger partial charge in [-0.05, 0) is 34.1 Å².